The lowest BCUT2D eigenvalue weighted by Crippen LogP contribution is -2.13. The van der Waals surface area contributed by atoms with Crippen molar-refractivity contribution in [1.29, 1.82) is 0 Å². The first kappa shape index (κ1) is 13.4. The van der Waals surface area contributed by atoms with Crippen LogP contribution in [0.3, 0.4) is 0 Å². The topological polar surface area (TPSA) is 44.9 Å². The summed E-state index contributed by atoms with van der Waals surface area (Å²) >= 11 is 0. The Morgan fingerprint density at radius 1 is 1.10 bits per heavy atom. The van der Waals surface area contributed by atoms with Crippen molar-refractivity contribution in [2.45, 2.75) is 13.8 Å². The zero-order valence-corrected chi connectivity index (χ0v) is 11.8. The number of aromatic nitrogens is 1. The third-order valence-electron chi connectivity index (χ3n) is 3.47. The molecule has 4 heteroatoms. The second-order valence-electron chi connectivity index (χ2n) is 5.19. The molecule has 0 radical (unpaired) electrons. The van der Waals surface area contributed by atoms with E-state index >= 15 is 0 Å². The normalized spacial score (nSPS) is 10.8. The number of halogens is 1. The van der Waals surface area contributed by atoms with E-state index in [1.807, 2.05) is 32.0 Å². The summed E-state index contributed by atoms with van der Waals surface area (Å²) in [6.45, 7) is 3.91. The van der Waals surface area contributed by atoms with Crippen LogP contribution in [0.1, 0.15) is 21.6 Å². The van der Waals surface area contributed by atoms with Crippen molar-refractivity contribution in [3.8, 4) is 0 Å². The maximum atomic E-state index is 13.2. The summed E-state index contributed by atoms with van der Waals surface area (Å²) < 4.78 is 13.2. The van der Waals surface area contributed by atoms with Crippen molar-refractivity contribution in [3.05, 3.63) is 65.1 Å². The first-order valence-corrected chi connectivity index (χ1v) is 6.70. The van der Waals surface area contributed by atoms with E-state index in [1.165, 1.54) is 12.1 Å². The number of aryl methyl sites for hydroxylation is 2. The Labute approximate surface area is 121 Å². The number of hydrogen-bond acceptors (Lipinski definition) is 1. The highest BCUT2D eigenvalue weighted by Crippen LogP contribution is 2.20. The lowest BCUT2D eigenvalue weighted by atomic mass is 10.1. The second kappa shape index (κ2) is 5.05. The predicted octanol–water partition coefficient (Wildman–Crippen LogP) is 4.18. The molecule has 2 N–H and O–H groups in total. The minimum absolute atomic E-state index is 0.236. The van der Waals surface area contributed by atoms with Crippen molar-refractivity contribution in [1.82, 2.24) is 4.98 Å². The lowest BCUT2D eigenvalue weighted by Gasteiger charge is -2.08. The van der Waals surface area contributed by atoms with Crippen LogP contribution in [0.5, 0.6) is 0 Å². The van der Waals surface area contributed by atoms with Gasteiger partial charge in [0.15, 0.2) is 0 Å². The average molecular weight is 282 g/mol. The van der Waals surface area contributed by atoms with Crippen LogP contribution in [0.2, 0.25) is 0 Å². The van der Waals surface area contributed by atoms with Gasteiger partial charge >= 0.3 is 0 Å². The molecule has 0 fully saturated rings. The molecule has 1 aromatic heterocycles. The zero-order chi connectivity index (χ0) is 15.0. The van der Waals surface area contributed by atoms with E-state index in [0.717, 1.165) is 22.3 Å². The van der Waals surface area contributed by atoms with Gasteiger partial charge in [0.05, 0.1) is 0 Å². The van der Waals surface area contributed by atoms with E-state index in [2.05, 4.69) is 10.3 Å². The van der Waals surface area contributed by atoms with Crippen molar-refractivity contribution < 1.29 is 9.18 Å². The Hall–Kier alpha value is -2.62. The first-order valence-electron chi connectivity index (χ1n) is 6.70. The van der Waals surface area contributed by atoms with E-state index < -0.39 is 0 Å². The summed E-state index contributed by atoms with van der Waals surface area (Å²) in [7, 11) is 0. The SMILES string of the molecule is Cc1ccc(C)c(NC(=O)c2cc3cc(F)ccc3[nH]2)c1. The molecule has 21 heavy (non-hydrogen) atoms. The van der Waals surface area contributed by atoms with Crippen LogP contribution in [0.25, 0.3) is 10.9 Å². The van der Waals surface area contributed by atoms with E-state index in [9.17, 15) is 9.18 Å². The number of fused-ring (bicyclic) bond motifs is 1. The van der Waals surface area contributed by atoms with Gasteiger partial charge in [-0.2, -0.15) is 0 Å². The van der Waals surface area contributed by atoms with Crippen molar-refractivity contribution in [2.24, 2.45) is 0 Å². The van der Waals surface area contributed by atoms with Gasteiger partial charge in [0.2, 0.25) is 0 Å². The van der Waals surface area contributed by atoms with E-state index in [-0.39, 0.29) is 11.7 Å². The smallest absolute Gasteiger partial charge is 0.272 e. The molecular weight excluding hydrogens is 267 g/mol. The molecule has 1 heterocycles. The molecule has 2 aromatic carbocycles. The van der Waals surface area contributed by atoms with E-state index in [0.29, 0.717) is 11.1 Å². The molecule has 0 aliphatic rings. The largest absolute Gasteiger partial charge is 0.351 e. The number of amides is 1. The van der Waals surface area contributed by atoms with Gasteiger partial charge < -0.3 is 10.3 Å². The summed E-state index contributed by atoms with van der Waals surface area (Å²) in [5.74, 6) is -0.553. The fourth-order valence-corrected chi connectivity index (χ4v) is 2.29. The third kappa shape index (κ3) is 2.65. The Bertz CT molecular complexity index is 836. The van der Waals surface area contributed by atoms with Gasteiger partial charge in [-0.05, 0) is 55.3 Å². The summed E-state index contributed by atoms with van der Waals surface area (Å²) in [5, 5.41) is 3.56. The number of nitrogens with one attached hydrogen (secondary N) is 2. The van der Waals surface area contributed by atoms with E-state index in [1.54, 1.807) is 12.1 Å². The number of benzene rings is 2. The Balaban J connectivity index is 1.91. The fourth-order valence-electron chi connectivity index (χ4n) is 2.29. The number of anilines is 1. The van der Waals surface area contributed by atoms with Crippen LogP contribution in [0.4, 0.5) is 10.1 Å². The fraction of sp³-hybridized carbons (Fsp3) is 0.118. The van der Waals surface area contributed by atoms with Gasteiger partial charge in [0.25, 0.3) is 5.91 Å². The van der Waals surface area contributed by atoms with Crippen molar-refractivity contribution >= 4 is 22.5 Å². The zero-order valence-electron chi connectivity index (χ0n) is 11.8. The lowest BCUT2D eigenvalue weighted by molar-refractivity contribution is 0.102. The van der Waals surface area contributed by atoms with Gasteiger partial charge in [-0.15, -0.1) is 0 Å². The molecule has 3 nitrogen and oxygen atoms in total. The molecule has 0 saturated heterocycles. The number of rotatable bonds is 2. The highest BCUT2D eigenvalue weighted by Gasteiger charge is 2.11. The Kier molecular flexibility index (Phi) is 3.22. The molecule has 106 valence electrons. The second-order valence-corrected chi connectivity index (χ2v) is 5.19. The number of hydrogen-bond donors (Lipinski definition) is 2. The van der Waals surface area contributed by atoms with Crippen LogP contribution < -0.4 is 5.32 Å². The molecule has 0 aliphatic carbocycles. The molecule has 0 bridgehead atoms. The molecule has 3 aromatic rings. The van der Waals surface area contributed by atoms with Gasteiger partial charge in [-0.1, -0.05) is 12.1 Å². The number of aromatic amines is 1. The highest BCUT2D eigenvalue weighted by molar-refractivity contribution is 6.06. The standard InChI is InChI=1S/C17H15FN2O/c1-10-3-4-11(2)15(7-10)20-17(21)16-9-12-8-13(18)5-6-14(12)19-16/h3-9,19H,1-2H3,(H,20,21). The monoisotopic (exact) mass is 282 g/mol. The average Bonchev–Trinajstić information content (AvgIpc) is 2.86. The molecule has 0 aliphatic heterocycles. The molecule has 3 rings (SSSR count). The number of carbonyl (C=O) groups is 1. The van der Waals surface area contributed by atoms with Crippen LogP contribution in [0.15, 0.2) is 42.5 Å². The van der Waals surface area contributed by atoms with Crippen molar-refractivity contribution in [3.63, 3.8) is 0 Å². The van der Waals surface area contributed by atoms with E-state index in [4.69, 9.17) is 0 Å². The predicted molar refractivity (Wildman–Crippen MR) is 82.1 cm³/mol. The van der Waals surface area contributed by atoms with Crippen LogP contribution in [-0.4, -0.2) is 10.9 Å². The Morgan fingerprint density at radius 2 is 1.90 bits per heavy atom. The Morgan fingerprint density at radius 3 is 2.71 bits per heavy atom. The van der Waals surface area contributed by atoms with Gasteiger partial charge in [0.1, 0.15) is 11.5 Å². The van der Waals surface area contributed by atoms with Gasteiger partial charge in [-0.3, -0.25) is 4.79 Å². The summed E-state index contributed by atoms with van der Waals surface area (Å²) in [4.78, 5) is 15.3. The molecule has 0 atom stereocenters. The minimum atomic E-state index is -0.317. The summed E-state index contributed by atoms with van der Waals surface area (Å²) in [5.41, 5.74) is 4.01. The number of H-pyrrole nitrogens is 1. The van der Waals surface area contributed by atoms with Crippen molar-refractivity contribution in [2.75, 3.05) is 5.32 Å². The molecule has 0 spiro atoms. The molecular formula is C17H15FN2O. The molecule has 0 saturated carbocycles. The third-order valence-corrected chi connectivity index (χ3v) is 3.47. The number of carbonyl (C=O) groups excluding carboxylic acids is 1. The maximum absolute atomic E-state index is 13.2. The van der Waals surface area contributed by atoms with Crippen LogP contribution in [-0.2, 0) is 0 Å². The quantitative estimate of drug-likeness (QED) is 0.727. The van der Waals surface area contributed by atoms with Crippen LogP contribution >= 0.6 is 0 Å². The summed E-state index contributed by atoms with van der Waals surface area (Å²) in [6, 6.07) is 11.9. The molecule has 1 amide bonds. The van der Waals surface area contributed by atoms with Gasteiger partial charge in [0, 0.05) is 16.6 Å². The first-order chi connectivity index (χ1) is 10.0. The molecule has 0 unspecified atom stereocenters. The van der Waals surface area contributed by atoms with Crippen LogP contribution in [0, 0.1) is 19.7 Å². The maximum Gasteiger partial charge on any atom is 0.272 e. The summed E-state index contributed by atoms with van der Waals surface area (Å²) in [6.07, 6.45) is 0. The minimum Gasteiger partial charge on any atom is -0.351 e. The van der Waals surface area contributed by atoms with Gasteiger partial charge in [-0.25, -0.2) is 4.39 Å². The highest BCUT2D eigenvalue weighted by atomic mass is 19.1.